The molecule has 0 fully saturated rings. The maximum absolute atomic E-state index is 5.86. The fourth-order valence-electron chi connectivity index (χ4n) is 1.28. The van der Waals surface area contributed by atoms with Gasteiger partial charge in [0.25, 0.3) is 0 Å². The highest BCUT2D eigenvalue weighted by Crippen LogP contribution is 2.33. The summed E-state index contributed by atoms with van der Waals surface area (Å²) in [4.78, 5) is 0. The van der Waals surface area contributed by atoms with Gasteiger partial charge in [-0.1, -0.05) is 32.4 Å². The van der Waals surface area contributed by atoms with E-state index < -0.39 is 0 Å². The average molecular weight is 252 g/mol. The minimum atomic E-state index is 0.0632. The van der Waals surface area contributed by atoms with Crippen LogP contribution in [0.4, 0.5) is 0 Å². The topological polar surface area (TPSA) is 17.8 Å². The van der Waals surface area contributed by atoms with Crippen molar-refractivity contribution in [1.82, 2.24) is 9.78 Å². The lowest BCUT2D eigenvalue weighted by Gasteiger charge is -2.19. The molecule has 12 heavy (non-hydrogen) atoms. The maximum Gasteiger partial charge on any atom is 0.165 e. The van der Waals surface area contributed by atoms with Crippen LogP contribution in [0.2, 0.25) is 5.15 Å². The van der Waals surface area contributed by atoms with E-state index in [-0.39, 0.29) is 5.41 Å². The zero-order valence-corrected chi connectivity index (χ0v) is 9.99. The molecule has 0 radical (unpaired) electrons. The Labute approximate surface area is 86.0 Å². The molecule has 0 unspecified atom stereocenters. The van der Waals surface area contributed by atoms with Crippen molar-refractivity contribution in [1.29, 1.82) is 0 Å². The highest BCUT2D eigenvalue weighted by atomic mass is 79.9. The molecule has 0 aliphatic heterocycles. The average Bonchev–Trinajstić information content (AvgIpc) is 2.05. The molecule has 0 saturated carbocycles. The van der Waals surface area contributed by atoms with Gasteiger partial charge >= 0.3 is 0 Å². The van der Waals surface area contributed by atoms with Crippen molar-refractivity contribution in [2.24, 2.45) is 7.05 Å². The Morgan fingerprint density at radius 3 is 2.08 bits per heavy atom. The Morgan fingerprint density at radius 1 is 1.42 bits per heavy atom. The largest absolute Gasteiger partial charge is 0.269 e. The standard InChI is InChI=1S/C8H12BrClN2/c1-8(2,3)6-5(9)7(10)11-12(6)4/h1-4H3. The molecule has 1 rings (SSSR count). The quantitative estimate of drug-likeness (QED) is 0.693. The van der Waals surface area contributed by atoms with Crippen LogP contribution in [0.25, 0.3) is 0 Å². The highest BCUT2D eigenvalue weighted by molar-refractivity contribution is 9.10. The summed E-state index contributed by atoms with van der Waals surface area (Å²) in [5.74, 6) is 0. The van der Waals surface area contributed by atoms with Crippen molar-refractivity contribution in [2.75, 3.05) is 0 Å². The molecule has 2 nitrogen and oxygen atoms in total. The number of aryl methyl sites for hydroxylation is 1. The van der Waals surface area contributed by atoms with Gasteiger partial charge in [-0.3, -0.25) is 4.68 Å². The van der Waals surface area contributed by atoms with E-state index in [4.69, 9.17) is 11.6 Å². The summed E-state index contributed by atoms with van der Waals surface area (Å²) < 4.78 is 2.71. The number of hydrogen-bond acceptors (Lipinski definition) is 1. The summed E-state index contributed by atoms with van der Waals surface area (Å²) in [5, 5.41) is 4.64. The molecule has 1 aromatic heterocycles. The first-order valence-electron chi connectivity index (χ1n) is 3.72. The van der Waals surface area contributed by atoms with Gasteiger partial charge < -0.3 is 0 Å². The number of aromatic nitrogens is 2. The van der Waals surface area contributed by atoms with Crippen molar-refractivity contribution in [3.63, 3.8) is 0 Å². The van der Waals surface area contributed by atoms with Gasteiger partial charge in [-0.25, -0.2) is 0 Å². The first kappa shape index (κ1) is 10.1. The zero-order chi connectivity index (χ0) is 9.52. The van der Waals surface area contributed by atoms with Gasteiger partial charge in [0.15, 0.2) is 5.15 Å². The fourth-order valence-corrected chi connectivity index (χ4v) is 2.41. The molecule has 0 saturated heterocycles. The second-order valence-corrected chi connectivity index (χ2v) is 4.98. The van der Waals surface area contributed by atoms with Crippen molar-refractivity contribution < 1.29 is 0 Å². The van der Waals surface area contributed by atoms with Gasteiger partial charge in [-0.05, 0) is 15.9 Å². The normalized spacial score (nSPS) is 12.2. The van der Waals surface area contributed by atoms with Crippen LogP contribution in [-0.4, -0.2) is 9.78 Å². The molecule has 1 aromatic rings. The first-order chi connectivity index (χ1) is 5.34. The van der Waals surface area contributed by atoms with Gasteiger partial charge in [0.05, 0.1) is 10.2 Å². The lowest BCUT2D eigenvalue weighted by atomic mass is 9.92. The summed E-state index contributed by atoms with van der Waals surface area (Å²) in [6.07, 6.45) is 0. The summed E-state index contributed by atoms with van der Waals surface area (Å²) >= 11 is 9.28. The number of rotatable bonds is 0. The molecule has 68 valence electrons. The Morgan fingerprint density at radius 2 is 1.92 bits per heavy atom. The van der Waals surface area contributed by atoms with E-state index in [0.717, 1.165) is 10.2 Å². The Balaban J connectivity index is 3.32. The van der Waals surface area contributed by atoms with Gasteiger partial charge in [-0.2, -0.15) is 5.10 Å². The smallest absolute Gasteiger partial charge is 0.165 e. The van der Waals surface area contributed by atoms with E-state index in [0.29, 0.717) is 5.15 Å². The molecular weight excluding hydrogens is 239 g/mol. The molecule has 0 N–H and O–H groups in total. The van der Waals surface area contributed by atoms with Gasteiger partial charge in [0, 0.05) is 12.5 Å². The molecular formula is C8H12BrClN2. The van der Waals surface area contributed by atoms with Crippen LogP contribution in [-0.2, 0) is 12.5 Å². The predicted molar refractivity (Wildman–Crippen MR) is 54.6 cm³/mol. The van der Waals surface area contributed by atoms with Crippen molar-refractivity contribution in [3.05, 3.63) is 15.3 Å². The summed E-state index contributed by atoms with van der Waals surface area (Å²) in [5.41, 5.74) is 1.18. The Kier molecular flexibility index (Phi) is 2.55. The Bertz CT molecular complexity index is 299. The van der Waals surface area contributed by atoms with Crippen molar-refractivity contribution in [2.45, 2.75) is 26.2 Å². The van der Waals surface area contributed by atoms with Crippen LogP contribution in [0.5, 0.6) is 0 Å². The highest BCUT2D eigenvalue weighted by Gasteiger charge is 2.23. The summed E-state index contributed by atoms with van der Waals surface area (Å²) in [7, 11) is 1.90. The molecule has 0 spiro atoms. The van der Waals surface area contributed by atoms with Crippen molar-refractivity contribution >= 4 is 27.5 Å². The number of nitrogens with zero attached hydrogens (tertiary/aromatic N) is 2. The summed E-state index contributed by atoms with van der Waals surface area (Å²) in [6.45, 7) is 6.39. The predicted octanol–water partition coefficient (Wildman–Crippen LogP) is 3.13. The van der Waals surface area contributed by atoms with Crippen LogP contribution < -0.4 is 0 Å². The number of halogens is 2. The van der Waals surface area contributed by atoms with Crippen LogP contribution in [0.15, 0.2) is 4.47 Å². The molecule has 0 atom stereocenters. The van der Waals surface area contributed by atoms with Gasteiger partial charge in [0.1, 0.15) is 0 Å². The molecule has 1 heterocycles. The van der Waals surface area contributed by atoms with E-state index >= 15 is 0 Å². The number of hydrogen-bond donors (Lipinski definition) is 0. The van der Waals surface area contributed by atoms with E-state index in [1.54, 1.807) is 0 Å². The molecule has 0 aromatic carbocycles. The van der Waals surface area contributed by atoms with E-state index in [1.807, 2.05) is 11.7 Å². The van der Waals surface area contributed by atoms with Crippen LogP contribution >= 0.6 is 27.5 Å². The van der Waals surface area contributed by atoms with Gasteiger partial charge in [0.2, 0.25) is 0 Å². The van der Waals surface area contributed by atoms with E-state index in [1.165, 1.54) is 0 Å². The van der Waals surface area contributed by atoms with Crippen LogP contribution in [0.3, 0.4) is 0 Å². The third-order valence-electron chi connectivity index (χ3n) is 1.66. The third kappa shape index (κ3) is 1.67. The lowest BCUT2D eigenvalue weighted by Crippen LogP contribution is -2.16. The van der Waals surface area contributed by atoms with Crippen molar-refractivity contribution in [3.8, 4) is 0 Å². The minimum absolute atomic E-state index is 0.0632. The second kappa shape index (κ2) is 3.04. The zero-order valence-electron chi connectivity index (χ0n) is 7.65. The van der Waals surface area contributed by atoms with E-state index in [2.05, 4.69) is 41.8 Å². The van der Waals surface area contributed by atoms with Gasteiger partial charge in [-0.15, -0.1) is 0 Å². The van der Waals surface area contributed by atoms with Crippen LogP contribution in [0, 0.1) is 0 Å². The Hall–Kier alpha value is -0.0200. The lowest BCUT2D eigenvalue weighted by molar-refractivity contribution is 0.520. The minimum Gasteiger partial charge on any atom is -0.269 e. The molecule has 0 aliphatic rings. The SMILES string of the molecule is Cn1nc(Cl)c(Br)c1C(C)(C)C. The second-order valence-electron chi connectivity index (χ2n) is 3.83. The van der Waals surface area contributed by atoms with Crippen LogP contribution in [0.1, 0.15) is 26.5 Å². The molecule has 0 bridgehead atoms. The monoisotopic (exact) mass is 250 g/mol. The maximum atomic E-state index is 5.86. The third-order valence-corrected chi connectivity index (χ3v) is 2.90. The molecule has 0 amide bonds. The molecule has 4 heteroatoms. The summed E-state index contributed by atoms with van der Waals surface area (Å²) in [6, 6.07) is 0. The fraction of sp³-hybridized carbons (Fsp3) is 0.625. The molecule has 0 aliphatic carbocycles. The van der Waals surface area contributed by atoms with E-state index in [9.17, 15) is 0 Å². The first-order valence-corrected chi connectivity index (χ1v) is 4.89.